The van der Waals surface area contributed by atoms with Gasteiger partial charge in [0.1, 0.15) is 5.75 Å². The fourth-order valence-corrected chi connectivity index (χ4v) is 4.08. The molecule has 0 aliphatic heterocycles. The molecule has 0 radical (unpaired) electrons. The normalized spacial score (nSPS) is 11.0. The maximum absolute atomic E-state index is 12.1. The molecule has 0 bridgehead atoms. The number of carbonyl (C=O) groups excluding carboxylic acids is 1. The van der Waals surface area contributed by atoms with Crippen molar-refractivity contribution in [2.24, 2.45) is 0 Å². The highest BCUT2D eigenvalue weighted by Crippen LogP contribution is 2.25. The molecule has 138 valence electrons. The lowest BCUT2D eigenvalue weighted by Crippen LogP contribution is -2.21. The van der Waals surface area contributed by atoms with Gasteiger partial charge in [-0.05, 0) is 49.2 Å². The van der Waals surface area contributed by atoms with E-state index < -0.39 is 26.5 Å². The number of para-hydroxylation sites is 1. The van der Waals surface area contributed by atoms with Crippen LogP contribution in [0, 0.1) is 24.0 Å². The van der Waals surface area contributed by atoms with Crippen LogP contribution in [-0.2, 0) is 14.6 Å². The van der Waals surface area contributed by atoms with Gasteiger partial charge in [-0.1, -0.05) is 18.2 Å². The van der Waals surface area contributed by atoms with Gasteiger partial charge in [-0.15, -0.1) is 0 Å². The van der Waals surface area contributed by atoms with Crippen LogP contribution in [-0.4, -0.2) is 31.7 Å². The molecule has 1 amide bonds. The van der Waals surface area contributed by atoms with Crippen molar-refractivity contribution in [3.63, 3.8) is 0 Å². The monoisotopic (exact) mass is 378 g/mol. The van der Waals surface area contributed by atoms with Crippen molar-refractivity contribution in [1.82, 2.24) is 0 Å². The predicted molar refractivity (Wildman–Crippen MR) is 95.5 cm³/mol. The quantitative estimate of drug-likeness (QED) is 0.584. The van der Waals surface area contributed by atoms with Gasteiger partial charge in [0.15, 0.2) is 6.61 Å². The second-order valence-electron chi connectivity index (χ2n) is 5.67. The molecule has 9 heteroatoms. The van der Waals surface area contributed by atoms with E-state index in [0.29, 0.717) is 22.6 Å². The van der Waals surface area contributed by atoms with Gasteiger partial charge in [0.2, 0.25) is 9.84 Å². The van der Waals surface area contributed by atoms with Crippen LogP contribution in [0.5, 0.6) is 5.75 Å². The van der Waals surface area contributed by atoms with E-state index in [4.69, 9.17) is 4.74 Å². The van der Waals surface area contributed by atoms with Crippen LogP contribution in [0.3, 0.4) is 0 Å². The number of nitro groups is 1. The van der Waals surface area contributed by atoms with Crippen molar-refractivity contribution in [2.45, 2.75) is 18.7 Å². The zero-order valence-electron chi connectivity index (χ0n) is 14.3. The minimum absolute atomic E-state index is 0.0901. The van der Waals surface area contributed by atoms with Crippen molar-refractivity contribution in [1.29, 1.82) is 0 Å². The number of anilines is 1. The van der Waals surface area contributed by atoms with Crippen LogP contribution in [0.2, 0.25) is 0 Å². The SMILES string of the molecule is Cc1cc(NC(=O)COc2ccccc2)cc(C)c1S(=O)(=O)C[N+](=O)[O-]. The van der Waals surface area contributed by atoms with Gasteiger partial charge in [0, 0.05) is 10.6 Å². The van der Waals surface area contributed by atoms with E-state index in [1.165, 1.54) is 26.0 Å². The largest absolute Gasteiger partial charge is 0.484 e. The molecule has 0 saturated heterocycles. The average molecular weight is 378 g/mol. The van der Waals surface area contributed by atoms with E-state index in [9.17, 15) is 23.3 Å². The molecule has 0 atom stereocenters. The van der Waals surface area contributed by atoms with Gasteiger partial charge in [0.05, 0.1) is 4.90 Å². The van der Waals surface area contributed by atoms with Crippen LogP contribution >= 0.6 is 0 Å². The summed E-state index contributed by atoms with van der Waals surface area (Å²) in [6, 6.07) is 11.7. The summed E-state index contributed by atoms with van der Waals surface area (Å²) in [5.74, 6) is -1.03. The first kappa shape index (κ1) is 19.4. The molecule has 0 aliphatic rings. The molecule has 0 spiro atoms. The van der Waals surface area contributed by atoms with Gasteiger partial charge in [-0.2, -0.15) is 0 Å². The molecule has 0 aliphatic carbocycles. The summed E-state index contributed by atoms with van der Waals surface area (Å²) in [6.07, 6.45) is 0. The summed E-state index contributed by atoms with van der Waals surface area (Å²) in [6.45, 7) is 2.84. The van der Waals surface area contributed by atoms with Crippen LogP contribution < -0.4 is 10.1 Å². The highest BCUT2D eigenvalue weighted by Gasteiger charge is 2.25. The Balaban J connectivity index is 2.12. The van der Waals surface area contributed by atoms with Crippen molar-refractivity contribution in [3.8, 4) is 5.75 Å². The van der Waals surface area contributed by atoms with E-state index in [2.05, 4.69) is 5.32 Å². The van der Waals surface area contributed by atoms with Crippen LogP contribution in [0.4, 0.5) is 5.69 Å². The number of ether oxygens (including phenoxy) is 1. The Hall–Kier alpha value is -2.94. The third-order valence-corrected chi connectivity index (χ3v) is 5.26. The van der Waals surface area contributed by atoms with Crippen LogP contribution in [0.25, 0.3) is 0 Å². The minimum atomic E-state index is -4.05. The predicted octanol–water partition coefficient (Wildman–Crippen LogP) is 2.33. The Kier molecular flexibility index (Phi) is 5.93. The lowest BCUT2D eigenvalue weighted by molar-refractivity contribution is -0.458. The van der Waals surface area contributed by atoms with Gasteiger partial charge >= 0.3 is 5.88 Å². The lowest BCUT2D eigenvalue weighted by Gasteiger charge is -2.13. The molecular formula is C17H18N2O6S. The molecule has 0 aromatic heterocycles. The standard InChI is InChI=1S/C17H18N2O6S/c1-12-8-14(9-13(2)17(12)26(23,24)11-19(21)22)18-16(20)10-25-15-6-4-3-5-7-15/h3-9H,10-11H2,1-2H3,(H,18,20). The highest BCUT2D eigenvalue weighted by molar-refractivity contribution is 7.91. The van der Waals surface area contributed by atoms with Gasteiger partial charge < -0.3 is 10.1 Å². The molecule has 8 nitrogen and oxygen atoms in total. The topological polar surface area (TPSA) is 116 Å². The summed E-state index contributed by atoms with van der Waals surface area (Å²) < 4.78 is 29.6. The van der Waals surface area contributed by atoms with Gasteiger partial charge in [-0.3, -0.25) is 14.9 Å². The van der Waals surface area contributed by atoms with Crippen molar-refractivity contribution in [2.75, 3.05) is 17.8 Å². The average Bonchev–Trinajstić information content (AvgIpc) is 2.51. The number of hydrogen-bond donors (Lipinski definition) is 1. The number of benzene rings is 2. The first-order chi connectivity index (χ1) is 12.2. The Bertz CT molecular complexity index is 903. The Morgan fingerprint density at radius 3 is 2.27 bits per heavy atom. The second kappa shape index (κ2) is 7.96. The zero-order chi connectivity index (χ0) is 19.3. The zero-order valence-corrected chi connectivity index (χ0v) is 15.1. The molecule has 26 heavy (non-hydrogen) atoms. The number of carbonyl (C=O) groups is 1. The molecule has 2 rings (SSSR count). The van der Waals surface area contributed by atoms with Crippen molar-refractivity contribution >= 4 is 21.4 Å². The first-order valence-electron chi connectivity index (χ1n) is 7.62. The maximum atomic E-state index is 12.1. The molecule has 1 N–H and O–H groups in total. The summed E-state index contributed by atoms with van der Waals surface area (Å²) in [4.78, 5) is 21.6. The molecular weight excluding hydrogens is 360 g/mol. The molecule has 0 heterocycles. The second-order valence-corrected chi connectivity index (χ2v) is 7.56. The summed E-state index contributed by atoms with van der Waals surface area (Å²) in [5, 5.41) is 13.2. The van der Waals surface area contributed by atoms with Crippen molar-refractivity contribution in [3.05, 3.63) is 63.7 Å². The maximum Gasteiger partial charge on any atom is 0.305 e. The smallest absolute Gasteiger partial charge is 0.305 e. The number of nitrogens with one attached hydrogen (secondary N) is 1. The highest BCUT2D eigenvalue weighted by atomic mass is 32.2. The van der Waals surface area contributed by atoms with E-state index in [1.54, 1.807) is 24.3 Å². The third-order valence-electron chi connectivity index (χ3n) is 3.44. The molecule has 0 saturated carbocycles. The Labute approximate surface area is 150 Å². The van der Waals surface area contributed by atoms with Crippen LogP contribution in [0.15, 0.2) is 47.4 Å². The summed E-state index contributed by atoms with van der Waals surface area (Å²) in [5.41, 5.74) is 1.04. The molecule has 2 aromatic carbocycles. The third kappa shape index (κ3) is 5.03. The number of aryl methyl sites for hydroxylation is 2. The number of nitrogens with zero attached hydrogens (tertiary/aromatic N) is 1. The van der Waals surface area contributed by atoms with E-state index in [0.717, 1.165) is 0 Å². The number of amides is 1. The first-order valence-corrected chi connectivity index (χ1v) is 9.28. The van der Waals surface area contributed by atoms with E-state index in [-0.39, 0.29) is 11.5 Å². The number of hydrogen-bond acceptors (Lipinski definition) is 6. The van der Waals surface area contributed by atoms with Gasteiger partial charge in [-0.25, -0.2) is 8.42 Å². The lowest BCUT2D eigenvalue weighted by atomic mass is 10.1. The minimum Gasteiger partial charge on any atom is -0.484 e. The summed E-state index contributed by atoms with van der Waals surface area (Å²) in [7, 11) is -4.05. The number of rotatable bonds is 7. The molecule has 0 unspecified atom stereocenters. The Morgan fingerprint density at radius 2 is 1.73 bits per heavy atom. The fourth-order valence-electron chi connectivity index (χ4n) is 2.58. The van der Waals surface area contributed by atoms with Crippen molar-refractivity contribution < 1.29 is 22.9 Å². The van der Waals surface area contributed by atoms with Crippen LogP contribution in [0.1, 0.15) is 11.1 Å². The number of sulfone groups is 1. The van der Waals surface area contributed by atoms with E-state index in [1.807, 2.05) is 6.07 Å². The Morgan fingerprint density at radius 1 is 1.15 bits per heavy atom. The van der Waals surface area contributed by atoms with Gasteiger partial charge in [0.25, 0.3) is 5.91 Å². The summed E-state index contributed by atoms with van der Waals surface area (Å²) >= 11 is 0. The molecule has 2 aromatic rings. The van der Waals surface area contributed by atoms with E-state index >= 15 is 0 Å². The molecule has 0 fully saturated rings. The fraction of sp³-hybridized carbons (Fsp3) is 0.235.